The number of amides is 2. The largest absolute Gasteiger partial charge is 0.478 e. The van der Waals surface area contributed by atoms with Crippen LogP contribution in [0.1, 0.15) is 28.8 Å². The van der Waals surface area contributed by atoms with Gasteiger partial charge < -0.3 is 20.5 Å². The van der Waals surface area contributed by atoms with Crippen molar-refractivity contribution in [3.8, 4) is 0 Å². The number of anilines is 1. The molecule has 1 aliphatic carbocycles. The summed E-state index contributed by atoms with van der Waals surface area (Å²) in [6, 6.07) is 4.67. The summed E-state index contributed by atoms with van der Waals surface area (Å²) in [7, 11) is 1.65. The fourth-order valence-electron chi connectivity index (χ4n) is 2.28. The normalized spacial score (nSPS) is 20.9. The van der Waals surface area contributed by atoms with Gasteiger partial charge in [-0.25, -0.2) is 9.59 Å². The van der Waals surface area contributed by atoms with Crippen molar-refractivity contribution in [3.05, 3.63) is 29.3 Å². The van der Waals surface area contributed by atoms with Crippen LogP contribution in [0.25, 0.3) is 0 Å². The van der Waals surface area contributed by atoms with E-state index in [1.54, 1.807) is 32.2 Å². The summed E-state index contributed by atoms with van der Waals surface area (Å²) in [4.78, 5) is 23.0. The van der Waals surface area contributed by atoms with Crippen molar-refractivity contribution in [2.24, 2.45) is 0 Å². The van der Waals surface area contributed by atoms with Crippen molar-refractivity contribution in [3.63, 3.8) is 0 Å². The highest BCUT2D eigenvalue weighted by atomic mass is 16.5. The zero-order chi connectivity index (χ0) is 14.7. The predicted octanol–water partition coefficient (Wildman–Crippen LogP) is 1.99. The maximum absolute atomic E-state index is 11.8. The van der Waals surface area contributed by atoms with E-state index in [4.69, 9.17) is 4.74 Å². The zero-order valence-corrected chi connectivity index (χ0v) is 11.5. The van der Waals surface area contributed by atoms with Gasteiger partial charge in [-0.3, -0.25) is 0 Å². The Balaban J connectivity index is 1.98. The fraction of sp³-hybridized carbons (Fsp3) is 0.429. The summed E-state index contributed by atoms with van der Waals surface area (Å²) >= 11 is 0. The maximum atomic E-state index is 11.8. The number of aromatic carboxylic acids is 1. The van der Waals surface area contributed by atoms with Gasteiger partial charge in [-0.05, 0) is 31.4 Å². The van der Waals surface area contributed by atoms with E-state index < -0.39 is 12.0 Å². The van der Waals surface area contributed by atoms with Crippen LogP contribution >= 0.6 is 0 Å². The van der Waals surface area contributed by atoms with Crippen LogP contribution in [0.15, 0.2) is 18.2 Å². The highest BCUT2D eigenvalue weighted by Crippen LogP contribution is 2.23. The Morgan fingerprint density at radius 2 is 2.05 bits per heavy atom. The first kappa shape index (κ1) is 14.3. The molecule has 6 heteroatoms. The molecule has 0 radical (unpaired) electrons. The van der Waals surface area contributed by atoms with E-state index in [1.807, 2.05) is 0 Å². The van der Waals surface area contributed by atoms with Crippen LogP contribution in [0.5, 0.6) is 0 Å². The quantitative estimate of drug-likeness (QED) is 0.786. The number of carbonyl (C=O) groups is 2. The molecular formula is C14H18N2O4. The molecule has 0 aromatic heterocycles. The lowest BCUT2D eigenvalue weighted by atomic mass is 9.89. The van der Waals surface area contributed by atoms with Crippen molar-refractivity contribution in [1.29, 1.82) is 0 Å². The van der Waals surface area contributed by atoms with Gasteiger partial charge in [0.1, 0.15) is 0 Å². The molecule has 108 valence electrons. The third kappa shape index (κ3) is 3.08. The topological polar surface area (TPSA) is 87.7 Å². The number of ether oxygens (including phenoxy) is 1. The van der Waals surface area contributed by atoms with E-state index in [0.717, 1.165) is 12.8 Å². The van der Waals surface area contributed by atoms with E-state index in [9.17, 15) is 14.7 Å². The van der Waals surface area contributed by atoms with Crippen LogP contribution in [-0.2, 0) is 4.74 Å². The van der Waals surface area contributed by atoms with Gasteiger partial charge in [-0.2, -0.15) is 0 Å². The van der Waals surface area contributed by atoms with E-state index in [0.29, 0.717) is 11.3 Å². The van der Waals surface area contributed by atoms with Gasteiger partial charge in [-0.15, -0.1) is 0 Å². The highest BCUT2D eigenvalue weighted by molar-refractivity contribution is 6.01. The molecule has 0 unspecified atom stereocenters. The van der Waals surface area contributed by atoms with Crippen LogP contribution in [0.2, 0.25) is 0 Å². The molecule has 1 saturated carbocycles. The van der Waals surface area contributed by atoms with E-state index in [-0.39, 0.29) is 17.7 Å². The monoisotopic (exact) mass is 278 g/mol. The number of aryl methyl sites for hydroxylation is 1. The molecule has 2 amide bonds. The van der Waals surface area contributed by atoms with Gasteiger partial charge in [0.15, 0.2) is 0 Å². The molecule has 1 aromatic rings. The summed E-state index contributed by atoms with van der Waals surface area (Å²) in [6.07, 6.45) is 1.77. The minimum atomic E-state index is -1.05. The number of methoxy groups -OCH3 is 1. The van der Waals surface area contributed by atoms with E-state index >= 15 is 0 Å². The first-order valence-electron chi connectivity index (χ1n) is 6.44. The molecule has 6 nitrogen and oxygen atoms in total. The molecule has 3 N–H and O–H groups in total. The average molecular weight is 278 g/mol. The number of benzene rings is 1. The second-order valence-corrected chi connectivity index (χ2v) is 4.93. The van der Waals surface area contributed by atoms with Gasteiger partial charge in [0, 0.05) is 13.2 Å². The van der Waals surface area contributed by atoms with E-state index in [1.165, 1.54) is 0 Å². The van der Waals surface area contributed by atoms with Crippen LogP contribution < -0.4 is 10.6 Å². The summed E-state index contributed by atoms with van der Waals surface area (Å²) in [5.41, 5.74) is 1.03. The number of carboxylic acids is 1. The average Bonchev–Trinajstić information content (AvgIpc) is 2.32. The first-order chi connectivity index (χ1) is 9.51. The summed E-state index contributed by atoms with van der Waals surface area (Å²) in [5.74, 6) is -1.05. The van der Waals surface area contributed by atoms with Crippen molar-refractivity contribution in [2.75, 3.05) is 12.4 Å². The van der Waals surface area contributed by atoms with Crippen LogP contribution in [0, 0.1) is 6.92 Å². The molecule has 0 atom stereocenters. The number of hydrogen-bond donors (Lipinski definition) is 3. The second-order valence-electron chi connectivity index (χ2n) is 4.93. The molecule has 2 rings (SSSR count). The summed E-state index contributed by atoms with van der Waals surface area (Å²) < 4.78 is 5.13. The van der Waals surface area contributed by atoms with Gasteiger partial charge in [-0.1, -0.05) is 12.1 Å². The van der Waals surface area contributed by atoms with Crippen molar-refractivity contribution in [1.82, 2.24) is 5.32 Å². The number of carboxylic acid groups (broad SMARTS) is 1. The smallest absolute Gasteiger partial charge is 0.338 e. The Morgan fingerprint density at radius 3 is 2.65 bits per heavy atom. The SMILES string of the molecule is COC1CC(NC(=O)Nc2cccc(C)c2C(=O)O)C1. The Kier molecular flexibility index (Phi) is 4.24. The Hall–Kier alpha value is -2.08. The third-order valence-corrected chi connectivity index (χ3v) is 3.50. The zero-order valence-electron chi connectivity index (χ0n) is 11.5. The highest BCUT2D eigenvalue weighted by Gasteiger charge is 2.30. The summed E-state index contributed by atoms with van der Waals surface area (Å²) in [6.45, 7) is 1.70. The number of rotatable bonds is 4. The molecular weight excluding hydrogens is 260 g/mol. The standard InChI is InChI=1S/C14H18N2O4/c1-8-4-3-5-11(12(8)13(17)18)16-14(19)15-9-6-10(7-9)20-2/h3-5,9-10H,6-7H2,1-2H3,(H,17,18)(H2,15,16,19). The minimum Gasteiger partial charge on any atom is -0.478 e. The molecule has 0 saturated heterocycles. The van der Waals surface area contributed by atoms with E-state index in [2.05, 4.69) is 10.6 Å². The molecule has 0 spiro atoms. The fourth-order valence-corrected chi connectivity index (χ4v) is 2.28. The van der Waals surface area contributed by atoms with Crippen molar-refractivity contribution < 1.29 is 19.4 Å². The van der Waals surface area contributed by atoms with Crippen LogP contribution in [-0.4, -0.2) is 36.4 Å². The lowest BCUT2D eigenvalue weighted by Crippen LogP contribution is -2.48. The molecule has 1 aliphatic rings. The van der Waals surface area contributed by atoms with Crippen molar-refractivity contribution in [2.45, 2.75) is 31.9 Å². The molecule has 0 heterocycles. The summed E-state index contributed by atoms with van der Waals surface area (Å²) in [5, 5.41) is 14.6. The molecule has 1 aromatic carbocycles. The van der Waals surface area contributed by atoms with Crippen molar-refractivity contribution >= 4 is 17.7 Å². The molecule has 20 heavy (non-hydrogen) atoms. The van der Waals surface area contributed by atoms with Gasteiger partial charge in [0.2, 0.25) is 0 Å². The number of nitrogens with one attached hydrogen (secondary N) is 2. The molecule has 0 aliphatic heterocycles. The Bertz CT molecular complexity index is 524. The molecule has 0 bridgehead atoms. The lowest BCUT2D eigenvalue weighted by Gasteiger charge is -2.34. The van der Waals surface area contributed by atoms with Crippen LogP contribution in [0.4, 0.5) is 10.5 Å². The maximum Gasteiger partial charge on any atom is 0.338 e. The second kappa shape index (κ2) is 5.92. The Morgan fingerprint density at radius 1 is 1.35 bits per heavy atom. The van der Waals surface area contributed by atoms with Gasteiger partial charge in [0.05, 0.1) is 17.4 Å². The van der Waals surface area contributed by atoms with Gasteiger partial charge >= 0.3 is 12.0 Å². The third-order valence-electron chi connectivity index (χ3n) is 3.50. The predicted molar refractivity (Wildman–Crippen MR) is 74.1 cm³/mol. The molecule has 1 fully saturated rings. The number of urea groups is 1. The number of hydrogen-bond acceptors (Lipinski definition) is 3. The first-order valence-corrected chi connectivity index (χ1v) is 6.44. The Labute approximate surface area is 117 Å². The van der Waals surface area contributed by atoms with Crippen LogP contribution in [0.3, 0.4) is 0 Å². The number of carbonyl (C=O) groups excluding carboxylic acids is 1. The lowest BCUT2D eigenvalue weighted by molar-refractivity contribution is 0.0210. The van der Waals surface area contributed by atoms with Gasteiger partial charge in [0.25, 0.3) is 0 Å². The minimum absolute atomic E-state index is 0.0815.